The van der Waals surface area contributed by atoms with Crippen LogP contribution in [0.1, 0.15) is 27.2 Å². The molecule has 0 unspecified atom stereocenters. The number of rotatable bonds is 8. The summed E-state index contributed by atoms with van der Waals surface area (Å²) in [6.07, 6.45) is 2.05. The van der Waals surface area contributed by atoms with Crippen molar-refractivity contribution in [1.82, 2.24) is 9.47 Å². The van der Waals surface area contributed by atoms with Gasteiger partial charge < -0.3 is 14.2 Å². The third-order valence-electron chi connectivity index (χ3n) is 5.34. The molecule has 0 spiro atoms. The van der Waals surface area contributed by atoms with Crippen molar-refractivity contribution in [2.24, 2.45) is 0 Å². The number of methoxy groups -OCH3 is 1. The first kappa shape index (κ1) is 21.9. The first-order valence-electron chi connectivity index (χ1n) is 10.5. The van der Waals surface area contributed by atoms with Gasteiger partial charge in [0.2, 0.25) is 0 Å². The van der Waals surface area contributed by atoms with E-state index in [-0.39, 0.29) is 5.91 Å². The molecule has 0 atom stereocenters. The Bertz CT molecular complexity index is 1190. The fraction of sp³-hybridized carbons (Fsp3) is 0.148. The number of benzene rings is 3. The summed E-state index contributed by atoms with van der Waals surface area (Å²) >= 11 is 3.48. The van der Waals surface area contributed by atoms with Crippen molar-refractivity contribution in [2.45, 2.75) is 19.6 Å². The molecular formula is C27H25BrN2O2. The highest BCUT2D eigenvalue weighted by molar-refractivity contribution is 9.10. The number of amides is 1. The summed E-state index contributed by atoms with van der Waals surface area (Å²) in [4.78, 5) is 15.4. The van der Waals surface area contributed by atoms with E-state index in [4.69, 9.17) is 4.74 Å². The summed E-state index contributed by atoms with van der Waals surface area (Å²) in [7, 11) is 1.68. The first-order chi connectivity index (χ1) is 15.6. The predicted octanol–water partition coefficient (Wildman–Crippen LogP) is 6.15. The summed E-state index contributed by atoms with van der Waals surface area (Å²) in [5, 5.41) is 0. The van der Waals surface area contributed by atoms with Gasteiger partial charge in [0.15, 0.2) is 0 Å². The molecule has 0 radical (unpaired) electrons. The van der Waals surface area contributed by atoms with Gasteiger partial charge in [-0.15, -0.1) is 0 Å². The highest BCUT2D eigenvalue weighted by Crippen LogP contribution is 2.19. The molecule has 162 valence electrons. The standard InChI is InChI=1S/C27H25BrN2O2/c1-32-26-14-5-10-22(16-26)19-29-15-7-13-25(29)20-30(18-21-8-3-2-4-9-21)27(31)23-11-6-12-24(28)17-23/h2-17H,18-20H2,1H3. The number of nitrogens with zero attached hydrogens (tertiary/aromatic N) is 2. The molecule has 5 heteroatoms. The summed E-state index contributed by atoms with van der Waals surface area (Å²) < 4.78 is 8.43. The maximum atomic E-state index is 13.5. The third-order valence-corrected chi connectivity index (χ3v) is 5.83. The molecule has 1 heterocycles. The Hall–Kier alpha value is -3.31. The molecule has 1 amide bonds. The SMILES string of the molecule is COc1cccc(Cn2cccc2CN(Cc2ccccc2)C(=O)c2cccc(Br)c2)c1. The van der Waals surface area contributed by atoms with Crippen LogP contribution in [0.5, 0.6) is 5.75 Å². The van der Waals surface area contributed by atoms with Gasteiger partial charge in [-0.2, -0.15) is 0 Å². The van der Waals surface area contributed by atoms with E-state index in [1.165, 1.54) is 0 Å². The molecule has 4 rings (SSSR count). The van der Waals surface area contributed by atoms with E-state index in [1.54, 1.807) is 7.11 Å². The highest BCUT2D eigenvalue weighted by atomic mass is 79.9. The number of carbonyl (C=O) groups is 1. The lowest BCUT2D eigenvalue weighted by Crippen LogP contribution is -2.31. The zero-order chi connectivity index (χ0) is 22.3. The minimum absolute atomic E-state index is 0.00397. The van der Waals surface area contributed by atoms with Gasteiger partial charge >= 0.3 is 0 Å². The average molecular weight is 489 g/mol. The first-order valence-corrected chi connectivity index (χ1v) is 11.3. The van der Waals surface area contributed by atoms with Gasteiger partial charge in [0.1, 0.15) is 5.75 Å². The van der Waals surface area contributed by atoms with Crippen molar-refractivity contribution >= 4 is 21.8 Å². The Morgan fingerprint density at radius 1 is 0.875 bits per heavy atom. The molecule has 0 saturated heterocycles. The Kier molecular flexibility index (Phi) is 7.07. The van der Waals surface area contributed by atoms with Crippen molar-refractivity contribution in [3.63, 3.8) is 0 Å². The van der Waals surface area contributed by atoms with Gasteiger partial charge in [0, 0.05) is 35.0 Å². The molecule has 0 N–H and O–H groups in total. The molecule has 0 saturated carbocycles. The maximum absolute atomic E-state index is 13.5. The van der Waals surface area contributed by atoms with Gasteiger partial charge in [-0.1, -0.05) is 64.5 Å². The molecule has 1 aromatic heterocycles. The summed E-state index contributed by atoms with van der Waals surface area (Å²) in [5.41, 5.74) is 3.99. The molecule has 3 aromatic carbocycles. The van der Waals surface area contributed by atoms with Crippen LogP contribution >= 0.6 is 15.9 Å². The molecule has 0 aliphatic carbocycles. The molecule has 4 nitrogen and oxygen atoms in total. The van der Waals surface area contributed by atoms with Crippen LogP contribution in [-0.2, 0) is 19.6 Å². The monoisotopic (exact) mass is 488 g/mol. The van der Waals surface area contributed by atoms with Gasteiger partial charge in [-0.05, 0) is 53.6 Å². The average Bonchev–Trinajstić information content (AvgIpc) is 3.25. The minimum Gasteiger partial charge on any atom is -0.497 e. The van der Waals surface area contributed by atoms with Crippen LogP contribution in [0.2, 0.25) is 0 Å². The fourth-order valence-electron chi connectivity index (χ4n) is 3.72. The predicted molar refractivity (Wildman–Crippen MR) is 131 cm³/mol. The van der Waals surface area contributed by atoms with Gasteiger partial charge in [0.25, 0.3) is 5.91 Å². The zero-order valence-electron chi connectivity index (χ0n) is 17.9. The Morgan fingerprint density at radius 2 is 1.66 bits per heavy atom. The second kappa shape index (κ2) is 10.3. The summed E-state index contributed by atoms with van der Waals surface area (Å²) in [6, 6.07) is 29.8. The second-order valence-electron chi connectivity index (χ2n) is 7.64. The van der Waals surface area contributed by atoms with Crippen molar-refractivity contribution in [1.29, 1.82) is 0 Å². The molecule has 32 heavy (non-hydrogen) atoms. The number of hydrogen-bond acceptors (Lipinski definition) is 2. The van der Waals surface area contributed by atoms with Gasteiger partial charge in [-0.25, -0.2) is 0 Å². The number of ether oxygens (including phenoxy) is 1. The molecule has 0 aliphatic heterocycles. The van der Waals surface area contributed by atoms with E-state index >= 15 is 0 Å². The molecule has 0 aliphatic rings. The highest BCUT2D eigenvalue weighted by Gasteiger charge is 2.18. The normalized spacial score (nSPS) is 10.7. The second-order valence-corrected chi connectivity index (χ2v) is 8.55. The summed E-state index contributed by atoms with van der Waals surface area (Å²) in [6.45, 7) is 1.76. The smallest absolute Gasteiger partial charge is 0.254 e. The molecule has 4 aromatic rings. The number of aromatic nitrogens is 1. The van der Waals surface area contributed by atoms with Crippen molar-refractivity contribution < 1.29 is 9.53 Å². The largest absolute Gasteiger partial charge is 0.497 e. The lowest BCUT2D eigenvalue weighted by Gasteiger charge is -2.24. The molecular weight excluding hydrogens is 464 g/mol. The lowest BCUT2D eigenvalue weighted by atomic mass is 10.1. The number of carbonyl (C=O) groups excluding carboxylic acids is 1. The Balaban J connectivity index is 1.60. The van der Waals surface area contributed by atoms with Gasteiger partial charge in [-0.3, -0.25) is 4.79 Å². The molecule has 0 bridgehead atoms. The van der Waals surface area contributed by atoms with Crippen LogP contribution in [0.3, 0.4) is 0 Å². The minimum atomic E-state index is 0.00397. The lowest BCUT2D eigenvalue weighted by molar-refractivity contribution is 0.0726. The van der Waals surface area contributed by atoms with Crippen molar-refractivity contribution in [3.8, 4) is 5.75 Å². The maximum Gasteiger partial charge on any atom is 0.254 e. The topological polar surface area (TPSA) is 34.5 Å². The van der Waals surface area contributed by atoms with Crippen LogP contribution in [0.15, 0.2) is 102 Å². The Labute approximate surface area is 197 Å². The van der Waals surface area contributed by atoms with E-state index in [2.05, 4.69) is 51.0 Å². The quantitative estimate of drug-likeness (QED) is 0.298. The van der Waals surface area contributed by atoms with E-state index < -0.39 is 0 Å². The van der Waals surface area contributed by atoms with Crippen LogP contribution < -0.4 is 4.74 Å². The zero-order valence-corrected chi connectivity index (χ0v) is 19.5. The van der Waals surface area contributed by atoms with E-state index in [0.29, 0.717) is 25.2 Å². The fourth-order valence-corrected chi connectivity index (χ4v) is 4.12. The number of hydrogen-bond donors (Lipinski definition) is 0. The van der Waals surface area contributed by atoms with Crippen LogP contribution in [0, 0.1) is 0 Å². The van der Waals surface area contributed by atoms with E-state index in [0.717, 1.165) is 27.0 Å². The Morgan fingerprint density at radius 3 is 2.44 bits per heavy atom. The van der Waals surface area contributed by atoms with Crippen LogP contribution in [-0.4, -0.2) is 22.5 Å². The van der Waals surface area contributed by atoms with E-state index in [9.17, 15) is 4.79 Å². The summed E-state index contributed by atoms with van der Waals surface area (Å²) in [5.74, 6) is 0.844. The van der Waals surface area contributed by atoms with E-state index in [1.807, 2.05) is 71.6 Å². The number of halogens is 1. The van der Waals surface area contributed by atoms with Crippen LogP contribution in [0.4, 0.5) is 0 Å². The third kappa shape index (κ3) is 5.48. The van der Waals surface area contributed by atoms with Crippen molar-refractivity contribution in [3.05, 3.63) is 124 Å². The van der Waals surface area contributed by atoms with Crippen LogP contribution in [0.25, 0.3) is 0 Å². The van der Waals surface area contributed by atoms with Crippen molar-refractivity contribution in [2.75, 3.05) is 7.11 Å². The van der Waals surface area contributed by atoms with Gasteiger partial charge in [0.05, 0.1) is 13.7 Å². The molecule has 0 fully saturated rings.